The van der Waals surface area contributed by atoms with Gasteiger partial charge in [-0.3, -0.25) is 9.59 Å². The molecule has 0 atom stereocenters. The van der Waals surface area contributed by atoms with E-state index in [1.54, 1.807) is 26.0 Å². The second kappa shape index (κ2) is 8.00. The minimum absolute atomic E-state index is 0.0289. The van der Waals surface area contributed by atoms with Crippen LogP contribution in [0, 0.1) is 0 Å². The lowest BCUT2D eigenvalue weighted by atomic mass is 10.3. The van der Waals surface area contributed by atoms with Crippen molar-refractivity contribution in [1.29, 1.82) is 0 Å². The monoisotopic (exact) mass is 371 g/mol. The smallest absolute Gasteiger partial charge is 0.244 e. The molecule has 0 saturated carbocycles. The topological polar surface area (TPSA) is 86.8 Å². The van der Waals surface area contributed by atoms with Crippen LogP contribution >= 0.6 is 11.8 Å². The summed E-state index contributed by atoms with van der Waals surface area (Å²) in [7, 11) is -3.58. The van der Waals surface area contributed by atoms with Crippen molar-refractivity contribution >= 4 is 39.3 Å². The van der Waals surface area contributed by atoms with Crippen molar-refractivity contribution in [2.24, 2.45) is 0 Å². The summed E-state index contributed by atoms with van der Waals surface area (Å²) in [5.41, 5.74) is 0.396. The highest BCUT2D eigenvalue weighted by Crippen LogP contribution is 2.20. The van der Waals surface area contributed by atoms with Crippen LogP contribution in [0.5, 0.6) is 0 Å². The molecule has 24 heavy (non-hydrogen) atoms. The van der Waals surface area contributed by atoms with Gasteiger partial charge in [-0.2, -0.15) is 4.31 Å². The highest BCUT2D eigenvalue weighted by Gasteiger charge is 2.24. The maximum absolute atomic E-state index is 12.5. The Labute approximate surface area is 146 Å². The molecule has 2 rings (SSSR count). The molecular formula is C15H21N3O4S2. The minimum atomic E-state index is -3.58. The van der Waals surface area contributed by atoms with Crippen molar-refractivity contribution in [2.45, 2.75) is 18.7 Å². The highest BCUT2D eigenvalue weighted by molar-refractivity contribution is 8.00. The van der Waals surface area contributed by atoms with Crippen molar-refractivity contribution < 1.29 is 18.0 Å². The molecule has 7 nitrogen and oxygen atoms in total. The summed E-state index contributed by atoms with van der Waals surface area (Å²) in [5, 5.41) is 2.65. The van der Waals surface area contributed by atoms with Gasteiger partial charge in [0.15, 0.2) is 0 Å². The quantitative estimate of drug-likeness (QED) is 0.778. The van der Waals surface area contributed by atoms with Crippen LogP contribution in [0.4, 0.5) is 5.69 Å². The van der Waals surface area contributed by atoms with Crippen LogP contribution < -0.4 is 5.32 Å². The Morgan fingerprint density at radius 1 is 1.33 bits per heavy atom. The van der Waals surface area contributed by atoms with Crippen LogP contribution in [-0.2, 0) is 19.6 Å². The lowest BCUT2D eigenvalue weighted by molar-refractivity contribution is -0.130. The van der Waals surface area contributed by atoms with Gasteiger partial charge in [-0.1, -0.05) is 19.9 Å². The molecule has 9 heteroatoms. The number of sulfonamides is 1. The molecule has 1 N–H and O–H groups in total. The van der Waals surface area contributed by atoms with Gasteiger partial charge in [0.1, 0.15) is 6.54 Å². The van der Waals surface area contributed by atoms with Gasteiger partial charge in [0.2, 0.25) is 21.8 Å². The van der Waals surface area contributed by atoms with E-state index in [1.165, 1.54) is 33.1 Å². The van der Waals surface area contributed by atoms with Crippen molar-refractivity contribution in [3.8, 4) is 0 Å². The summed E-state index contributed by atoms with van der Waals surface area (Å²) in [6.07, 6.45) is 0. The highest BCUT2D eigenvalue weighted by atomic mass is 32.2. The molecule has 1 aliphatic rings. The molecule has 0 spiro atoms. The molecule has 132 valence electrons. The Morgan fingerprint density at radius 2 is 2.04 bits per heavy atom. The van der Waals surface area contributed by atoms with Crippen LogP contribution in [0.15, 0.2) is 29.2 Å². The van der Waals surface area contributed by atoms with E-state index in [-0.39, 0.29) is 23.3 Å². The Bertz CT molecular complexity index is 717. The molecule has 2 amide bonds. The number of amides is 2. The predicted molar refractivity (Wildman–Crippen MR) is 94.2 cm³/mol. The standard InChI is InChI=1S/C15H21N3O4S2/c1-3-18(4-2)24(21,22)13-7-5-6-12(8-13)16-14(19)9-17-11-23-10-15(17)20/h5-8H,3-4,9-11H2,1-2H3,(H,16,19). The van der Waals surface area contributed by atoms with Gasteiger partial charge in [0.05, 0.1) is 16.5 Å². The van der Waals surface area contributed by atoms with Crippen LogP contribution in [0.25, 0.3) is 0 Å². The molecule has 0 aliphatic carbocycles. The normalized spacial score (nSPS) is 15.1. The van der Waals surface area contributed by atoms with E-state index >= 15 is 0 Å². The van der Waals surface area contributed by atoms with Crippen LogP contribution in [0.3, 0.4) is 0 Å². The van der Waals surface area contributed by atoms with Gasteiger partial charge in [0.25, 0.3) is 0 Å². The number of carbonyl (C=O) groups excluding carboxylic acids is 2. The van der Waals surface area contributed by atoms with E-state index in [0.717, 1.165) is 0 Å². The Kier molecular flexibility index (Phi) is 6.25. The largest absolute Gasteiger partial charge is 0.325 e. The Morgan fingerprint density at radius 3 is 2.62 bits per heavy atom. The van der Waals surface area contributed by atoms with Crippen LogP contribution in [-0.4, -0.2) is 60.7 Å². The van der Waals surface area contributed by atoms with Crippen molar-refractivity contribution in [3.05, 3.63) is 24.3 Å². The maximum atomic E-state index is 12.5. The van der Waals surface area contributed by atoms with Crippen molar-refractivity contribution in [2.75, 3.05) is 36.6 Å². The molecule has 1 aliphatic heterocycles. The molecule has 1 aromatic rings. The number of nitrogens with one attached hydrogen (secondary N) is 1. The summed E-state index contributed by atoms with van der Waals surface area (Å²) in [5.74, 6) is 0.490. The summed E-state index contributed by atoms with van der Waals surface area (Å²) >= 11 is 1.46. The van der Waals surface area contributed by atoms with E-state index in [2.05, 4.69) is 5.32 Å². The number of thioether (sulfide) groups is 1. The van der Waals surface area contributed by atoms with Crippen molar-refractivity contribution in [3.63, 3.8) is 0 Å². The summed E-state index contributed by atoms with van der Waals surface area (Å²) in [6, 6.07) is 6.15. The zero-order valence-electron chi connectivity index (χ0n) is 13.7. The first-order valence-corrected chi connectivity index (χ1v) is 10.2. The molecule has 1 saturated heterocycles. The third kappa shape index (κ3) is 4.28. The predicted octanol–water partition coefficient (Wildman–Crippen LogP) is 1.19. The van der Waals surface area contributed by atoms with Gasteiger partial charge in [-0.05, 0) is 18.2 Å². The first-order chi connectivity index (χ1) is 11.4. The molecule has 0 radical (unpaired) electrons. The second-order valence-electron chi connectivity index (χ2n) is 5.23. The average Bonchev–Trinajstić information content (AvgIpc) is 2.93. The first-order valence-electron chi connectivity index (χ1n) is 7.64. The third-order valence-corrected chi connectivity index (χ3v) is 6.61. The molecule has 0 unspecified atom stereocenters. The lowest BCUT2D eigenvalue weighted by Gasteiger charge is -2.19. The Balaban J connectivity index is 2.10. The molecule has 1 fully saturated rings. The van der Waals surface area contributed by atoms with Gasteiger partial charge < -0.3 is 10.2 Å². The fourth-order valence-corrected chi connectivity index (χ4v) is 4.77. The van der Waals surface area contributed by atoms with Crippen molar-refractivity contribution in [1.82, 2.24) is 9.21 Å². The Hall–Kier alpha value is -1.58. The number of anilines is 1. The lowest BCUT2D eigenvalue weighted by Crippen LogP contribution is -2.34. The third-order valence-electron chi connectivity index (χ3n) is 3.62. The van der Waals surface area contributed by atoms with E-state index in [9.17, 15) is 18.0 Å². The van der Waals surface area contributed by atoms with E-state index in [4.69, 9.17) is 0 Å². The summed E-state index contributed by atoms with van der Waals surface area (Å²) in [6.45, 7) is 4.28. The second-order valence-corrected chi connectivity index (χ2v) is 8.13. The summed E-state index contributed by atoms with van der Waals surface area (Å²) < 4.78 is 26.4. The molecule has 1 aromatic carbocycles. The number of hydrogen-bond acceptors (Lipinski definition) is 5. The molecule has 0 aromatic heterocycles. The van der Waals surface area contributed by atoms with Crippen LogP contribution in [0.1, 0.15) is 13.8 Å². The molecule has 0 bridgehead atoms. The number of hydrogen-bond donors (Lipinski definition) is 1. The number of rotatable bonds is 7. The molecule has 1 heterocycles. The van der Waals surface area contributed by atoms with E-state index in [1.807, 2.05) is 0 Å². The maximum Gasteiger partial charge on any atom is 0.244 e. The SMILES string of the molecule is CCN(CC)S(=O)(=O)c1cccc(NC(=O)CN2CSCC2=O)c1. The van der Waals surface area contributed by atoms with Crippen LogP contribution in [0.2, 0.25) is 0 Å². The fourth-order valence-electron chi connectivity index (χ4n) is 2.36. The molecular weight excluding hydrogens is 350 g/mol. The van der Waals surface area contributed by atoms with E-state index in [0.29, 0.717) is 30.4 Å². The van der Waals surface area contributed by atoms with Gasteiger partial charge >= 0.3 is 0 Å². The zero-order valence-corrected chi connectivity index (χ0v) is 15.3. The van der Waals surface area contributed by atoms with Gasteiger partial charge in [-0.25, -0.2) is 8.42 Å². The zero-order chi connectivity index (χ0) is 17.7. The number of nitrogens with zero attached hydrogens (tertiary/aromatic N) is 2. The van der Waals surface area contributed by atoms with Gasteiger partial charge in [-0.15, -0.1) is 11.8 Å². The fraction of sp³-hybridized carbons (Fsp3) is 0.467. The van der Waals surface area contributed by atoms with Gasteiger partial charge in [0, 0.05) is 18.8 Å². The number of benzene rings is 1. The first kappa shape index (κ1) is 18.8. The number of carbonyl (C=O) groups is 2. The van der Waals surface area contributed by atoms with E-state index < -0.39 is 10.0 Å². The minimum Gasteiger partial charge on any atom is -0.325 e. The summed E-state index contributed by atoms with van der Waals surface area (Å²) in [4.78, 5) is 25.2. The average molecular weight is 371 g/mol.